The molecule has 0 unspecified atom stereocenters. The van der Waals surface area contributed by atoms with E-state index in [-0.39, 0.29) is 0 Å². The van der Waals surface area contributed by atoms with Gasteiger partial charge in [0.05, 0.1) is 12.2 Å². The number of aryl methyl sites for hydroxylation is 1. The summed E-state index contributed by atoms with van der Waals surface area (Å²) < 4.78 is 2.04. The lowest BCUT2D eigenvalue weighted by Gasteiger charge is -2.05. The van der Waals surface area contributed by atoms with Crippen LogP contribution in [-0.2, 0) is 13.1 Å². The molecule has 0 aliphatic rings. The van der Waals surface area contributed by atoms with Crippen LogP contribution in [0.1, 0.15) is 37.2 Å². The third kappa shape index (κ3) is 3.20. The van der Waals surface area contributed by atoms with Crippen LogP contribution in [0.15, 0.2) is 12.2 Å². The zero-order valence-corrected chi connectivity index (χ0v) is 10.9. The largest absolute Gasteiger partial charge is 0.313 e. The summed E-state index contributed by atoms with van der Waals surface area (Å²) in [4.78, 5) is 0. The molecule has 1 heterocycles. The SMILES string of the molecule is C=C(C)Cn1nc(C)c(CNCCC)c1C. The Balaban J connectivity index is 2.76. The number of hydrogen-bond acceptors (Lipinski definition) is 2. The summed E-state index contributed by atoms with van der Waals surface area (Å²) in [6, 6.07) is 0. The van der Waals surface area contributed by atoms with E-state index in [2.05, 4.69) is 37.8 Å². The molecule has 90 valence electrons. The van der Waals surface area contributed by atoms with Crippen LogP contribution in [-0.4, -0.2) is 16.3 Å². The van der Waals surface area contributed by atoms with Crippen molar-refractivity contribution in [2.45, 2.75) is 47.2 Å². The van der Waals surface area contributed by atoms with E-state index in [1.165, 1.54) is 11.3 Å². The first-order chi connectivity index (χ1) is 7.56. The van der Waals surface area contributed by atoms with E-state index in [0.717, 1.165) is 37.3 Å². The molecule has 1 aromatic rings. The first-order valence-electron chi connectivity index (χ1n) is 5.94. The van der Waals surface area contributed by atoms with Gasteiger partial charge in [-0.25, -0.2) is 0 Å². The van der Waals surface area contributed by atoms with E-state index in [0.29, 0.717) is 0 Å². The van der Waals surface area contributed by atoms with Gasteiger partial charge in [-0.05, 0) is 33.7 Å². The number of rotatable bonds is 6. The molecule has 0 saturated carbocycles. The van der Waals surface area contributed by atoms with E-state index < -0.39 is 0 Å². The average Bonchev–Trinajstić information content (AvgIpc) is 2.45. The zero-order chi connectivity index (χ0) is 12.1. The van der Waals surface area contributed by atoms with Gasteiger partial charge >= 0.3 is 0 Å². The summed E-state index contributed by atoms with van der Waals surface area (Å²) in [6.45, 7) is 15.1. The second kappa shape index (κ2) is 5.85. The van der Waals surface area contributed by atoms with Gasteiger partial charge in [0, 0.05) is 17.8 Å². The summed E-state index contributed by atoms with van der Waals surface area (Å²) in [7, 11) is 0. The van der Waals surface area contributed by atoms with Crippen LogP contribution in [0.3, 0.4) is 0 Å². The molecule has 0 amide bonds. The fourth-order valence-corrected chi connectivity index (χ4v) is 1.79. The highest BCUT2D eigenvalue weighted by molar-refractivity contribution is 5.24. The van der Waals surface area contributed by atoms with Gasteiger partial charge in [0.15, 0.2) is 0 Å². The minimum Gasteiger partial charge on any atom is -0.313 e. The molecule has 3 nitrogen and oxygen atoms in total. The van der Waals surface area contributed by atoms with Gasteiger partial charge in [-0.15, -0.1) is 0 Å². The lowest BCUT2D eigenvalue weighted by atomic mass is 10.2. The standard InChI is InChI=1S/C13H23N3/c1-6-7-14-8-13-11(4)15-16(12(13)5)9-10(2)3/h14H,2,6-9H2,1,3-5H3. The lowest BCUT2D eigenvalue weighted by Crippen LogP contribution is -2.15. The highest BCUT2D eigenvalue weighted by atomic mass is 15.3. The van der Waals surface area contributed by atoms with Crippen molar-refractivity contribution in [1.29, 1.82) is 0 Å². The molecule has 0 aliphatic heterocycles. The lowest BCUT2D eigenvalue weighted by molar-refractivity contribution is 0.645. The topological polar surface area (TPSA) is 29.9 Å². The Labute approximate surface area is 98.5 Å². The predicted octanol–water partition coefficient (Wildman–Crippen LogP) is 2.58. The highest BCUT2D eigenvalue weighted by Gasteiger charge is 2.10. The Hall–Kier alpha value is -1.09. The summed E-state index contributed by atoms with van der Waals surface area (Å²) in [6.07, 6.45) is 1.16. The Morgan fingerprint density at radius 3 is 2.69 bits per heavy atom. The molecule has 1 aromatic heterocycles. The first-order valence-corrected chi connectivity index (χ1v) is 5.94. The van der Waals surface area contributed by atoms with Crippen molar-refractivity contribution in [3.63, 3.8) is 0 Å². The molecule has 0 radical (unpaired) electrons. The van der Waals surface area contributed by atoms with Gasteiger partial charge in [0.25, 0.3) is 0 Å². The van der Waals surface area contributed by atoms with Crippen molar-refractivity contribution in [3.8, 4) is 0 Å². The molecule has 3 heteroatoms. The number of hydrogen-bond donors (Lipinski definition) is 1. The van der Waals surface area contributed by atoms with Crippen molar-refractivity contribution in [3.05, 3.63) is 29.1 Å². The number of aromatic nitrogens is 2. The molecule has 0 aromatic carbocycles. The van der Waals surface area contributed by atoms with Gasteiger partial charge in [-0.3, -0.25) is 4.68 Å². The minimum absolute atomic E-state index is 0.820. The third-order valence-electron chi connectivity index (χ3n) is 2.68. The second-order valence-electron chi connectivity index (χ2n) is 4.44. The third-order valence-corrected chi connectivity index (χ3v) is 2.68. The predicted molar refractivity (Wildman–Crippen MR) is 68.5 cm³/mol. The maximum absolute atomic E-state index is 4.54. The van der Waals surface area contributed by atoms with E-state index >= 15 is 0 Å². The Morgan fingerprint density at radius 1 is 1.44 bits per heavy atom. The monoisotopic (exact) mass is 221 g/mol. The fourth-order valence-electron chi connectivity index (χ4n) is 1.79. The fraction of sp³-hybridized carbons (Fsp3) is 0.615. The van der Waals surface area contributed by atoms with Crippen molar-refractivity contribution < 1.29 is 0 Å². The number of allylic oxidation sites excluding steroid dienone is 1. The van der Waals surface area contributed by atoms with Gasteiger partial charge < -0.3 is 5.32 Å². The second-order valence-corrected chi connectivity index (χ2v) is 4.44. The molecular formula is C13H23N3. The van der Waals surface area contributed by atoms with Crippen LogP contribution in [0.25, 0.3) is 0 Å². The molecule has 0 aliphatic carbocycles. The van der Waals surface area contributed by atoms with E-state index in [9.17, 15) is 0 Å². The van der Waals surface area contributed by atoms with Crippen molar-refractivity contribution in [2.75, 3.05) is 6.54 Å². The van der Waals surface area contributed by atoms with E-state index in [1.807, 2.05) is 11.6 Å². The summed E-state index contributed by atoms with van der Waals surface area (Å²) >= 11 is 0. The molecule has 0 fully saturated rings. The van der Waals surface area contributed by atoms with Crippen molar-refractivity contribution in [2.24, 2.45) is 0 Å². The van der Waals surface area contributed by atoms with E-state index in [1.54, 1.807) is 0 Å². The van der Waals surface area contributed by atoms with Gasteiger partial charge in [-0.2, -0.15) is 5.10 Å². The molecule has 1 rings (SSSR count). The molecular weight excluding hydrogens is 198 g/mol. The molecule has 16 heavy (non-hydrogen) atoms. The Kier molecular flexibility index (Phi) is 4.74. The van der Waals surface area contributed by atoms with E-state index in [4.69, 9.17) is 0 Å². The molecule has 0 saturated heterocycles. The minimum atomic E-state index is 0.820. The average molecular weight is 221 g/mol. The first kappa shape index (κ1) is 13.0. The van der Waals surface area contributed by atoms with Crippen LogP contribution >= 0.6 is 0 Å². The zero-order valence-electron chi connectivity index (χ0n) is 10.9. The maximum Gasteiger partial charge on any atom is 0.0641 e. The van der Waals surface area contributed by atoms with Gasteiger partial charge in [-0.1, -0.05) is 19.1 Å². The number of nitrogens with one attached hydrogen (secondary N) is 1. The molecule has 0 spiro atoms. The number of nitrogens with zero attached hydrogens (tertiary/aromatic N) is 2. The molecule has 0 atom stereocenters. The van der Waals surface area contributed by atoms with Crippen LogP contribution < -0.4 is 5.32 Å². The summed E-state index contributed by atoms with van der Waals surface area (Å²) in [5, 5.41) is 7.97. The van der Waals surface area contributed by atoms with Gasteiger partial charge in [0.1, 0.15) is 0 Å². The van der Waals surface area contributed by atoms with Crippen LogP contribution in [0.2, 0.25) is 0 Å². The van der Waals surface area contributed by atoms with Crippen LogP contribution in [0.4, 0.5) is 0 Å². The summed E-state index contributed by atoms with van der Waals surface area (Å²) in [5.41, 5.74) is 4.85. The highest BCUT2D eigenvalue weighted by Crippen LogP contribution is 2.13. The maximum atomic E-state index is 4.54. The molecule has 0 bridgehead atoms. The van der Waals surface area contributed by atoms with Crippen molar-refractivity contribution >= 4 is 0 Å². The Bertz CT molecular complexity index is 363. The Morgan fingerprint density at radius 2 is 2.12 bits per heavy atom. The smallest absolute Gasteiger partial charge is 0.0641 e. The molecule has 1 N–H and O–H groups in total. The normalized spacial score (nSPS) is 10.8. The van der Waals surface area contributed by atoms with Gasteiger partial charge in [0.2, 0.25) is 0 Å². The quantitative estimate of drug-likeness (QED) is 0.591. The van der Waals surface area contributed by atoms with Crippen LogP contribution in [0, 0.1) is 13.8 Å². The van der Waals surface area contributed by atoms with Crippen LogP contribution in [0.5, 0.6) is 0 Å². The van der Waals surface area contributed by atoms with Crippen molar-refractivity contribution in [1.82, 2.24) is 15.1 Å². The summed E-state index contributed by atoms with van der Waals surface area (Å²) in [5.74, 6) is 0.